The van der Waals surface area contributed by atoms with Crippen molar-refractivity contribution in [2.45, 2.75) is 43.9 Å². The van der Waals surface area contributed by atoms with E-state index in [9.17, 15) is 9.90 Å². The molecule has 1 heterocycles. The van der Waals surface area contributed by atoms with Crippen LogP contribution in [0.5, 0.6) is 0 Å². The average Bonchev–Trinajstić information content (AvgIpc) is 2.89. The minimum atomic E-state index is -0.666. The van der Waals surface area contributed by atoms with E-state index >= 15 is 0 Å². The first kappa shape index (κ1) is 15.1. The zero-order valence-electron chi connectivity index (χ0n) is 12.7. The van der Waals surface area contributed by atoms with Crippen LogP contribution in [0.2, 0.25) is 0 Å². The van der Waals surface area contributed by atoms with Gasteiger partial charge in [-0.05, 0) is 25.0 Å². The zero-order chi connectivity index (χ0) is 15.5. The van der Waals surface area contributed by atoms with E-state index in [0.717, 1.165) is 36.6 Å². The quantitative estimate of drug-likeness (QED) is 0.761. The first-order valence-corrected chi connectivity index (χ1v) is 7.78. The lowest BCUT2D eigenvalue weighted by molar-refractivity contribution is -0.0277. The molecule has 5 nitrogen and oxygen atoms in total. The molecule has 0 aliphatic heterocycles. The molecule has 118 valence electrons. The molecule has 0 bridgehead atoms. The van der Waals surface area contributed by atoms with E-state index in [2.05, 4.69) is 10.3 Å². The molecule has 1 aromatic heterocycles. The maximum atomic E-state index is 12.4. The molecule has 22 heavy (non-hydrogen) atoms. The van der Waals surface area contributed by atoms with E-state index in [1.807, 2.05) is 30.3 Å². The summed E-state index contributed by atoms with van der Waals surface area (Å²) in [5.41, 5.74) is 1.45. The molecule has 0 unspecified atom stereocenters. The number of ether oxygens (including phenoxy) is 1. The molecule has 1 saturated carbocycles. The Balaban J connectivity index is 1.74. The number of aromatic amines is 1. The Morgan fingerprint density at radius 1 is 1.32 bits per heavy atom. The zero-order valence-corrected chi connectivity index (χ0v) is 12.7. The molecule has 1 aliphatic carbocycles. The van der Waals surface area contributed by atoms with Gasteiger partial charge in [-0.2, -0.15) is 0 Å². The molecule has 0 radical (unpaired) electrons. The van der Waals surface area contributed by atoms with Gasteiger partial charge in [0.05, 0.1) is 12.1 Å². The minimum Gasteiger partial charge on any atom is -0.388 e. The van der Waals surface area contributed by atoms with Crippen LogP contribution in [0.25, 0.3) is 10.9 Å². The van der Waals surface area contributed by atoms with Crippen molar-refractivity contribution in [3.63, 3.8) is 0 Å². The molecule has 3 atom stereocenters. The van der Waals surface area contributed by atoms with E-state index in [0.29, 0.717) is 5.69 Å². The first-order valence-electron chi connectivity index (χ1n) is 7.78. The maximum absolute atomic E-state index is 12.4. The second-order valence-electron chi connectivity index (χ2n) is 5.90. The van der Waals surface area contributed by atoms with Crippen LogP contribution < -0.4 is 5.32 Å². The molecule has 2 aromatic rings. The van der Waals surface area contributed by atoms with Crippen molar-refractivity contribution in [3.8, 4) is 0 Å². The van der Waals surface area contributed by atoms with Crippen molar-refractivity contribution in [1.29, 1.82) is 0 Å². The number of methoxy groups -OCH3 is 1. The van der Waals surface area contributed by atoms with Crippen LogP contribution in [-0.4, -0.2) is 41.4 Å². The molecule has 3 N–H and O–H groups in total. The van der Waals surface area contributed by atoms with Gasteiger partial charge in [-0.3, -0.25) is 4.79 Å². The molecule has 1 aromatic carbocycles. The highest BCUT2D eigenvalue weighted by Crippen LogP contribution is 2.21. The van der Waals surface area contributed by atoms with Crippen LogP contribution in [-0.2, 0) is 4.74 Å². The monoisotopic (exact) mass is 302 g/mol. The summed E-state index contributed by atoms with van der Waals surface area (Å²) < 4.78 is 5.34. The fourth-order valence-corrected chi connectivity index (χ4v) is 3.17. The lowest BCUT2D eigenvalue weighted by Crippen LogP contribution is -2.48. The smallest absolute Gasteiger partial charge is 0.268 e. The number of hydrogen-bond acceptors (Lipinski definition) is 3. The highest BCUT2D eigenvalue weighted by Gasteiger charge is 2.31. The lowest BCUT2D eigenvalue weighted by Gasteiger charge is -2.26. The third kappa shape index (κ3) is 3.00. The highest BCUT2D eigenvalue weighted by atomic mass is 16.5. The number of amides is 1. The van der Waals surface area contributed by atoms with E-state index < -0.39 is 6.10 Å². The predicted molar refractivity (Wildman–Crippen MR) is 84.8 cm³/mol. The Bertz CT molecular complexity index is 619. The molecule has 1 amide bonds. The molecule has 0 saturated heterocycles. The first-order chi connectivity index (χ1) is 10.7. The van der Waals surface area contributed by atoms with Gasteiger partial charge < -0.3 is 20.1 Å². The number of benzene rings is 1. The van der Waals surface area contributed by atoms with Crippen LogP contribution in [0.15, 0.2) is 30.3 Å². The van der Waals surface area contributed by atoms with E-state index in [1.165, 1.54) is 0 Å². The van der Waals surface area contributed by atoms with Crippen LogP contribution in [0.4, 0.5) is 0 Å². The van der Waals surface area contributed by atoms with Gasteiger partial charge in [0.1, 0.15) is 11.8 Å². The summed E-state index contributed by atoms with van der Waals surface area (Å²) in [5, 5.41) is 14.3. The van der Waals surface area contributed by atoms with Crippen molar-refractivity contribution in [3.05, 3.63) is 36.0 Å². The summed E-state index contributed by atoms with van der Waals surface area (Å²) >= 11 is 0. The number of H-pyrrole nitrogens is 1. The number of carbonyl (C=O) groups excluding carboxylic acids is 1. The topological polar surface area (TPSA) is 74.3 Å². The Hall–Kier alpha value is -1.85. The largest absolute Gasteiger partial charge is 0.388 e. The maximum Gasteiger partial charge on any atom is 0.268 e. The lowest BCUT2D eigenvalue weighted by atomic mass is 10.0. The number of hydrogen-bond donors (Lipinski definition) is 3. The fraction of sp³-hybridized carbons (Fsp3) is 0.471. The average molecular weight is 302 g/mol. The Labute approximate surface area is 129 Å². The predicted octanol–water partition coefficient (Wildman–Crippen LogP) is 2.22. The van der Waals surface area contributed by atoms with Crippen molar-refractivity contribution in [1.82, 2.24) is 10.3 Å². The van der Waals surface area contributed by atoms with Crippen molar-refractivity contribution in [2.75, 3.05) is 7.11 Å². The van der Waals surface area contributed by atoms with Crippen LogP contribution in [0, 0.1) is 0 Å². The number of aromatic nitrogens is 1. The standard InChI is InChI=1S/C17H22N2O3/c1-22-15-9-5-4-8-13(16(15)20)19-17(21)14-10-11-6-2-3-7-12(11)18-14/h2-3,6-7,10,13,15-16,18,20H,4-5,8-9H2,1H3,(H,19,21)/t13-,15-,16-/m1/s1. The third-order valence-electron chi connectivity index (χ3n) is 4.44. The Kier molecular flexibility index (Phi) is 4.45. The van der Waals surface area contributed by atoms with Gasteiger partial charge >= 0.3 is 0 Å². The molecule has 5 heteroatoms. The van der Waals surface area contributed by atoms with E-state index in [-0.39, 0.29) is 18.1 Å². The van der Waals surface area contributed by atoms with Gasteiger partial charge in [0.2, 0.25) is 0 Å². The second kappa shape index (κ2) is 6.50. The summed E-state index contributed by atoms with van der Waals surface area (Å²) in [4.78, 5) is 15.6. The second-order valence-corrected chi connectivity index (χ2v) is 5.90. The Morgan fingerprint density at radius 3 is 2.86 bits per heavy atom. The summed E-state index contributed by atoms with van der Waals surface area (Å²) in [5.74, 6) is -0.183. The van der Waals surface area contributed by atoms with Gasteiger partial charge in [0.15, 0.2) is 0 Å². The van der Waals surface area contributed by atoms with Crippen molar-refractivity contribution >= 4 is 16.8 Å². The summed E-state index contributed by atoms with van der Waals surface area (Å²) in [7, 11) is 1.61. The molecule has 3 rings (SSSR count). The number of carbonyl (C=O) groups is 1. The summed E-state index contributed by atoms with van der Waals surface area (Å²) in [6, 6.07) is 9.33. The summed E-state index contributed by atoms with van der Waals surface area (Å²) in [6.45, 7) is 0. The molecule has 1 fully saturated rings. The molecular formula is C17H22N2O3. The fourth-order valence-electron chi connectivity index (χ4n) is 3.17. The van der Waals surface area contributed by atoms with E-state index in [1.54, 1.807) is 7.11 Å². The van der Waals surface area contributed by atoms with Gasteiger partial charge in [0, 0.05) is 18.0 Å². The summed E-state index contributed by atoms with van der Waals surface area (Å²) in [6.07, 6.45) is 2.71. The van der Waals surface area contributed by atoms with Crippen molar-refractivity contribution in [2.24, 2.45) is 0 Å². The number of aliphatic hydroxyl groups is 1. The van der Waals surface area contributed by atoms with Crippen LogP contribution >= 0.6 is 0 Å². The number of fused-ring (bicyclic) bond motifs is 1. The molecule has 1 aliphatic rings. The SMILES string of the molecule is CO[C@@H]1CCCC[C@@H](NC(=O)c2cc3ccccc3[nH]2)[C@H]1O. The number of aliphatic hydroxyl groups excluding tert-OH is 1. The molecule has 0 spiro atoms. The highest BCUT2D eigenvalue weighted by molar-refractivity contribution is 5.98. The van der Waals surface area contributed by atoms with Gasteiger partial charge in [0.25, 0.3) is 5.91 Å². The normalized spacial score (nSPS) is 25.8. The van der Waals surface area contributed by atoms with E-state index in [4.69, 9.17) is 4.74 Å². The number of nitrogens with one attached hydrogen (secondary N) is 2. The third-order valence-corrected chi connectivity index (χ3v) is 4.44. The number of rotatable bonds is 3. The molecular weight excluding hydrogens is 280 g/mol. The van der Waals surface area contributed by atoms with Gasteiger partial charge in [-0.15, -0.1) is 0 Å². The Morgan fingerprint density at radius 2 is 2.09 bits per heavy atom. The number of para-hydroxylation sites is 1. The minimum absolute atomic E-state index is 0.183. The van der Waals surface area contributed by atoms with Crippen LogP contribution in [0.1, 0.15) is 36.2 Å². The van der Waals surface area contributed by atoms with Crippen LogP contribution in [0.3, 0.4) is 0 Å². The van der Waals surface area contributed by atoms with Crippen molar-refractivity contribution < 1.29 is 14.6 Å². The van der Waals surface area contributed by atoms with Gasteiger partial charge in [-0.25, -0.2) is 0 Å². The van der Waals surface area contributed by atoms with Gasteiger partial charge in [-0.1, -0.05) is 31.0 Å².